The first-order valence-electron chi connectivity index (χ1n) is 7.01. The van der Waals surface area contributed by atoms with Gasteiger partial charge in [0, 0.05) is 10.4 Å². The Morgan fingerprint density at radius 1 is 1.25 bits per heavy atom. The molecule has 4 rings (SSSR count). The highest BCUT2D eigenvalue weighted by molar-refractivity contribution is 7.22. The molecule has 0 amide bonds. The van der Waals surface area contributed by atoms with Crippen LogP contribution in [0.1, 0.15) is 36.1 Å². The largest absolute Gasteiger partial charge is 0.390 e. The molecule has 0 radical (unpaired) electrons. The fourth-order valence-corrected chi connectivity index (χ4v) is 5.47. The Balaban J connectivity index is 1.95. The molecule has 1 aromatic carbocycles. The van der Waals surface area contributed by atoms with E-state index < -0.39 is 0 Å². The van der Waals surface area contributed by atoms with Crippen LogP contribution in [-0.4, -0.2) is 4.98 Å². The number of hydrogen-bond acceptors (Lipinski definition) is 4. The monoisotopic (exact) mass is 300 g/mol. The number of nitrogen functional groups attached to an aromatic ring is 1. The molecule has 2 N–H and O–H groups in total. The van der Waals surface area contributed by atoms with Crippen molar-refractivity contribution >= 4 is 37.9 Å². The average molecular weight is 300 g/mol. The van der Waals surface area contributed by atoms with Gasteiger partial charge in [-0.2, -0.15) is 0 Å². The van der Waals surface area contributed by atoms with E-state index in [9.17, 15) is 0 Å². The van der Waals surface area contributed by atoms with Crippen LogP contribution in [0.5, 0.6) is 0 Å². The number of para-hydroxylation sites is 1. The van der Waals surface area contributed by atoms with Gasteiger partial charge in [-0.15, -0.1) is 22.7 Å². The SMILES string of the molecule is CC1CCCc2sc(N)c(-c3nc4ccccc4s3)c21. The van der Waals surface area contributed by atoms with E-state index in [1.807, 2.05) is 6.07 Å². The smallest absolute Gasteiger partial charge is 0.127 e. The van der Waals surface area contributed by atoms with Crippen molar-refractivity contribution in [2.75, 3.05) is 5.73 Å². The van der Waals surface area contributed by atoms with Gasteiger partial charge in [-0.1, -0.05) is 19.1 Å². The van der Waals surface area contributed by atoms with Crippen LogP contribution in [0.25, 0.3) is 20.8 Å². The lowest BCUT2D eigenvalue weighted by atomic mass is 9.86. The van der Waals surface area contributed by atoms with Crippen molar-refractivity contribution in [1.29, 1.82) is 0 Å². The molecule has 1 unspecified atom stereocenters. The third-order valence-electron chi connectivity index (χ3n) is 4.09. The molecule has 2 heterocycles. The Morgan fingerprint density at radius 3 is 2.95 bits per heavy atom. The lowest BCUT2D eigenvalue weighted by Crippen LogP contribution is -2.04. The van der Waals surface area contributed by atoms with Crippen LogP contribution in [0.15, 0.2) is 24.3 Å². The molecule has 0 aliphatic heterocycles. The number of benzene rings is 1. The van der Waals surface area contributed by atoms with Gasteiger partial charge in [0.25, 0.3) is 0 Å². The molecule has 0 saturated carbocycles. The number of anilines is 1. The summed E-state index contributed by atoms with van der Waals surface area (Å²) in [6.07, 6.45) is 3.73. The van der Waals surface area contributed by atoms with Crippen molar-refractivity contribution in [2.24, 2.45) is 0 Å². The first-order valence-corrected chi connectivity index (χ1v) is 8.64. The van der Waals surface area contributed by atoms with Crippen LogP contribution in [0.2, 0.25) is 0 Å². The van der Waals surface area contributed by atoms with E-state index in [0.717, 1.165) is 15.5 Å². The van der Waals surface area contributed by atoms with E-state index in [1.54, 1.807) is 22.7 Å². The zero-order chi connectivity index (χ0) is 13.7. The second-order valence-corrected chi connectivity index (χ2v) is 7.63. The summed E-state index contributed by atoms with van der Waals surface area (Å²) in [6, 6.07) is 8.32. The van der Waals surface area contributed by atoms with Crippen molar-refractivity contribution < 1.29 is 0 Å². The number of rotatable bonds is 1. The molecule has 20 heavy (non-hydrogen) atoms. The van der Waals surface area contributed by atoms with Gasteiger partial charge in [-0.25, -0.2) is 4.98 Å². The minimum Gasteiger partial charge on any atom is -0.390 e. The maximum Gasteiger partial charge on any atom is 0.127 e. The molecular formula is C16H16N2S2. The number of hydrogen-bond donors (Lipinski definition) is 1. The Bertz CT molecular complexity index is 752. The summed E-state index contributed by atoms with van der Waals surface area (Å²) >= 11 is 3.53. The molecule has 4 heteroatoms. The molecule has 0 fully saturated rings. The maximum absolute atomic E-state index is 6.32. The summed E-state index contributed by atoms with van der Waals surface area (Å²) in [7, 11) is 0. The van der Waals surface area contributed by atoms with Crippen molar-refractivity contribution in [3.8, 4) is 10.6 Å². The first kappa shape index (κ1) is 12.4. The average Bonchev–Trinajstić information content (AvgIpc) is 2.99. The van der Waals surface area contributed by atoms with Gasteiger partial charge in [-0.05, 0) is 42.9 Å². The third-order valence-corrected chi connectivity index (χ3v) is 6.24. The van der Waals surface area contributed by atoms with Gasteiger partial charge < -0.3 is 5.73 Å². The number of aryl methyl sites for hydroxylation is 1. The molecule has 1 atom stereocenters. The van der Waals surface area contributed by atoms with Crippen LogP contribution in [0, 0.1) is 0 Å². The summed E-state index contributed by atoms with van der Waals surface area (Å²) in [5.74, 6) is 0.606. The van der Waals surface area contributed by atoms with Gasteiger partial charge >= 0.3 is 0 Å². The fourth-order valence-electron chi connectivity index (χ4n) is 3.13. The molecule has 0 spiro atoms. The predicted octanol–water partition coefficient (Wildman–Crippen LogP) is 5.05. The minimum atomic E-state index is 0.606. The summed E-state index contributed by atoms with van der Waals surface area (Å²) in [5, 5.41) is 2.04. The van der Waals surface area contributed by atoms with Crippen LogP contribution in [0.3, 0.4) is 0 Å². The molecule has 3 aromatic rings. The van der Waals surface area contributed by atoms with Crippen LogP contribution in [0.4, 0.5) is 5.00 Å². The predicted molar refractivity (Wildman–Crippen MR) is 88.7 cm³/mol. The lowest BCUT2D eigenvalue weighted by Gasteiger charge is -2.19. The zero-order valence-electron chi connectivity index (χ0n) is 11.3. The summed E-state index contributed by atoms with van der Waals surface area (Å²) in [4.78, 5) is 6.29. The molecular weight excluding hydrogens is 284 g/mol. The van der Waals surface area contributed by atoms with Crippen LogP contribution < -0.4 is 5.73 Å². The van der Waals surface area contributed by atoms with Gasteiger partial charge in [0.1, 0.15) is 5.01 Å². The highest BCUT2D eigenvalue weighted by Gasteiger charge is 2.26. The van der Waals surface area contributed by atoms with E-state index in [2.05, 4.69) is 25.1 Å². The van der Waals surface area contributed by atoms with Crippen molar-refractivity contribution in [2.45, 2.75) is 32.1 Å². The van der Waals surface area contributed by atoms with Crippen molar-refractivity contribution in [3.63, 3.8) is 0 Å². The van der Waals surface area contributed by atoms with Crippen LogP contribution in [-0.2, 0) is 6.42 Å². The second kappa shape index (κ2) is 4.57. The maximum atomic E-state index is 6.32. The molecule has 0 saturated heterocycles. The highest BCUT2D eigenvalue weighted by Crippen LogP contribution is 2.48. The second-order valence-electron chi connectivity index (χ2n) is 5.46. The van der Waals surface area contributed by atoms with Crippen LogP contribution >= 0.6 is 22.7 Å². The van der Waals surface area contributed by atoms with Gasteiger partial charge in [0.05, 0.1) is 15.2 Å². The molecule has 102 valence electrons. The quantitative estimate of drug-likeness (QED) is 0.683. The van der Waals surface area contributed by atoms with E-state index in [1.165, 1.54) is 40.0 Å². The number of aromatic nitrogens is 1. The summed E-state index contributed by atoms with van der Waals surface area (Å²) in [5.41, 5.74) is 10.1. The topological polar surface area (TPSA) is 38.9 Å². The highest BCUT2D eigenvalue weighted by atomic mass is 32.1. The third kappa shape index (κ3) is 1.79. The molecule has 2 aromatic heterocycles. The number of thiophene rings is 1. The number of nitrogens with zero attached hydrogens (tertiary/aromatic N) is 1. The van der Waals surface area contributed by atoms with E-state index in [4.69, 9.17) is 10.7 Å². The minimum absolute atomic E-state index is 0.606. The zero-order valence-corrected chi connectivity index (χ0v) is 13.0. The Morgan fingerprint density at radius 2 is 2.10 bits per heavy atom. The normalized spacial score (nSPS) is 18.4. The van der Waals surface area contributed by atoms with E-state index in [-0.39, 0.29) is 0 Å². The number of fused-ring (bicyclic) bond motifs is 2. The van der Waals surface area contributed by atoms with Gasteiger partial charge in [0.15, 0.2) is 0 Å². The number of nitrogens with two attached hydrogens (primary N) is 1. The Kier molecular flexibility index (Phi) is 2.82. The molecule has 1 aliphatic carbocycles. The summed E-state index contributed by atoms with van der Waals surface area (Å²) in [6.45, 7) is 2.32. The standard InChI is InChI=1S/C16H16N2S2/c1-9-5-4-8-12-13(9)14(15(17)19-12)16-18-10-6-2-3-7-11(10)20-16/h2-3,6-7,9H,4-5,8,17H2,1H3. The Hall–Kier alpha value is -1.39. The van der Waals surface area contributed by atoms with Crippen molar-refractivity contribution in [1.82, 2.24) is 4.98 Å². The lowest BCUT2D eigenvalue weighted by molar-refractivity contribution is 0.599. The van der Waals surface area contributed by atoms with E-state index in [0.29, 0.717) is 5.92 Å². The molecule has 0 bridgehead atoms. The van der Waals surface area contributed by atoms with Gasteiger partial charge in [0.2, 0.25) is 0 Å². The molecule has 2 nitrogen and oxygen atoms in total. The first-order chi connectivity index (χ1) is 9.74. The Labute approximate surface area is 126 Å². The number of thiazole rings is 1. The fraction of sp³-hybridized carbons (Fsp3) is 0.312. The summed E-state index contributed by atoms with van der Waals surface area (Å²) < 4.78 is 1.24. The molecule has 1 aliphatic rings. The van der Waals surface area contributed by atoms with E-state index >= 15 is 0 Å². The van der Waals surface area contributed by atoms with Crippen molar-refractivity contribution in [3.05, 3.63) is 34.7 Å². The van der Waals surface area contributed by atoms with Gasteiger partial charge in [-0.3, -0.25) is 0 Å².